The Kier molecular flexibility index (Phi) is 7.36. The van der Waals surface area contributed by atoms with Crippen LogP contribution in [-0.2, 0) is 29.7 Å². The fourth-order valence-electron chi connectivity index (χ4n) is 4.52. The van der Waals surface area contributed by atoms with E-state index in [1.54, 1.807) is 24.7 Å². The molecule has 10 nitrogen and oxygen atoms in total. The summed E-state index contributed by atoms with van der Waals surface area (Å²) in [4.78, 5) is 30.9. The number of hydrogen-bond donors (Lipinski definition) is 3. The van der Waals surface area contributed by atoms with E-state index in [4.69, 9.17) is 9.72 Å². The second-order valence-corrected chi connectivity index (χ2v) is 9.34. The molecule has 0 aliphatic carbocycles. The number of aromatic nitrogens is 3. The van der Waals surface area contributed by atoms with Gasteiger partial charge in [0.05, 0.1) is 36.4 Å². The third-order valence-electron chi connectivity index (χ3n) is 6.62. The number of morpholine rings is 1. The number of aliphatic carboxylic acids is 1. The number of nitrogens with zero attached hydrogens (tertiary/aromatic N) is 4. The average Bonchev–Trinajstić information content (AvgIpc) is 3.16. The van der Waals surface area contributed by atoms with Crippen LogP contribution in [0.15, 0.2) is 35.3 Å². The molecule has 1 aromatic carbocycles. The van der Waals surface area contributed by atoms with Crippen molar-refractivity contribution in [3.8, 4) is 11.4 Å². The second kappa shape index (κ2) is 10.3. The maximum atomic E-state index is 12.3. The molecule has 188 valence electrons. The van der Waals surface area contributed by atoms with Crippen molar-refractivity contribution in [3.63, 3.8) is 0 Å². The van der Waals surface area contributed by atoms with Crippen LogP contribution in [0.2, 0.25) is 0 Å². The van der Waals surface area contributed by atoms with Gasteiger partial charge in [-0.05, 0) is 44.7 Å². The summed E-state index contributed by atoms with van der Waals surface area (Å²) in [6.07, 6.45) is 0.779. The van der Waals surface area contributed by atoms with Gasteiger partial charge in [-0.15, -0.1) is 0 Å². The van der Waals surface area contributed by atoms with Crippen molar-refractivity contribution >= 4 is 17.0 Å². The van der Waals surface area contributed by atoms with Gasteiger partial charge in [-0.25, -0.2) is 4.98 Å². The minimum absolute atomic E-state index is 0.0451. The molecule has 3 aromatic rings. The monoisotopic (exact) mass is 483 g/mol. The largest absolute Gasteiger partial charge is 0.480 e. The van der Waals surface area contributed by atoms with E-state index in [1.807, 2.05) is 24.3 Å². The Bertz CT molecular complexity index is 1250. The molecule has 1 saturated heterocycles. The minimum atomic E-state index is -1.10. The van der Waals surface area contributed by atoms with Gasteiger partial charge in [0.25, 0.3) is 5.56 Å². The highest BCUT2D eigenvalue weighted by molar-refractivity contribution is 5.81. The number of nitrogens with one attached hydrogen (secondary N) is 1. The number of carboxylic acid groups (broad SMARTS) is 1. The predicted octanol–water partition coefficient (Wildman–Crippen LogP) is 0.965. The first-order valence-electron chi connectivity index (χ1n) is 11.7. The lowest BCUT2D eigenvalue weighted by Crippen LogP contribution is -2.45. The van der Waals surface area contributed by atoms with E-state index in [0.29, 0.717) is 25.3 Å². The molecule has 3 N–H and O–H groups in total. The zero-order valence-corrected chi connectivity index (χ0v) is 20.6. The number of aliphatic hydroxyl groups is 1. The van der Waals surface area contributed by atoms with Crippen LogP contribution in [0.1, 0.15) is 18.1 Å². The van der Waals surface area contributed by atoms with Crippen LogP contribution in [0.5, 0.6) is 0 Å². The van der Waals surface area contributed by atoms with E-state index in [1.165, 1.54) is 6.92 Å². The summed E-state index contributed by atoms with van der Waals surface area (Å²) < 4.78 is 9.46. The summed E-state index contributed by atoms with van der Waals surface area (Å²) in [5, 5.41) is 22.0. The van der Waals surface area contributed by atoms with Gasteiger partial charge >= 0.3 is 5.97 Å². The standard InChI is InChI=1S/C25H33N5O5/c1-15-9-18(12-29(4)24(15)32)23-27-20-10-17(11-26-22(16(2)31)25(33)34)5-6-21(20)30(23)13-19-14-35-8-7-28(19)3/h5-6,9-10,12,16,19,22,26,31H,7-8,11,13-14H2,1-4H3,(H,33,34)/t16-,19?,22+/m1/s1. The summed E-state index contributed by atoms with van der Waals surface area (Å²) in [5.41, 5.74) is 4.02. The van der Waals surface area contributed by atoms with Crippen molar-refractivity contribution in [2.45, 2.75) is 45.1 Å². The molecule has 0 spiro atoms. The molecule has 0 radical (unpaired) electrons. The molecule has 35 heavy (non-hydrogen) atoms. The van der Waals surface area contributed by atoms with Gasteiger partial charge in [0.15, 0.2) is 0 Å². The number of likely N-dealkylation sites (N-methyl/N-ethyl adjacent to an activating group) is 1. The van der Waals surface area contributed by atoms with Gasteiger partial charge in [0.2, 0.25) is 0 Å². The van der Waals surface area contributed by atoms with Crippen molar-refractivity contribution in [1.82, 2.24) is 24.3 Å². The molecular weight excluding hydrogens is 450 g/mol. The molecular formula is C25H33N5O5. The Hall–Kier alpha value is -3.05. The number of aryl methyl sites for hydroxylation is 2. The molecule has 4 rings (SSSR count). The highest BCUT2D eigenvalue weighted by Gasteiger charge is 2.25. The molecule has 1 fully saturated rings. The summed E-state index contributed by atoms with van der Waals surface area (Å²) >= 11 is 0. The molecule has 1 aliphatic heterocycles. The van der Waals surface area contributed by atoms with Crippen molar-refractivity contribution in [3.05, 3.63) is 51.9 Å². The molecule has 1 unspecified atom stereocenters. The average molecular weight is 484 g/mol. The second-order valence-electron chi connectivity index (χ2n) is 9.34. The smallest absolute Gasteiger partial charge is 0.323 e. The zero-order chi connectivity index (χ0) is 25.3. The van der Waals surface area contributed by atoms with E-state index in [-0.39, 0.29) is 18.1 Å². The SMILES string of the molecule is Cc1cc(-c2nc3cc(CN[C@H](C(=O)O)[C@@H](C)O)ccc3n2CC2COCCN2C)cn(C)c1=O. The summed E-state index contributed by atoms with van der Waals surface area (Å²) in [6.45, 7) is 6.39. The number of imidazole rings is 1. The van der Waals surface area contributed by atoms with Crippen LogP contribution in [0.4, 0.5) is 0 Å². The zero-order valence-electron chi connectivity index (χ0n) is 20.6. The summed E-state index contributed by atoms with van der Waals surface area (Å²) in [7, 11) is 3.83. The normalized spacial score (nSPS) is 18.6. The third kappa shape index (κ3) is 5.30. The number of rotatable bonds is 8. The molecule has 3 heterocycles. The molecule has 0 bridgehead atoms. The lowest BCUT2D eigenvalue weighted by molar-refractivity contribution is -0.142. The first kappa shape index (κ1) is 25.1. The van der Waals surface area contributed by atoms with Crippen molar-refractivity contribution in [2.75, 3.05) is 26.8 Å². The number of hydrogen-bond acceptors (Lipinski definition) is 7. The Morgan fingerprint density at radius 2 is 2.09 bits per heavy atom. The molecule has 3 atom stereocenters. The number of ether oxygens (including phenoxy) is 1. The lowest BCUT2D eigenvalue weighted by Gasteiger charge is -2.33. The molecule has 0 saturated carbocycles. The maximum Gasteiger partial charge on any atom is 0.323 e. The highest BCUT2D eigenvalue weighted by atomic mass is 16.5. The van der Waals surface area contributed by atoms with Crippen molar-refractivity contribution in [2.24, 2.45) is 7.05 Å². The number of fused-ring (bicyclic) bond motifs is 1. The van der Waals surface area contributed by atoms with Crippen LogP contribution in [0.25, 0.3) is 22.4 Å². The summed E-state index contributed by atoms with van der Waals surface area (Å²) in [5.74, 6) is -0.341. The maximum absolute atomic E-state index is 12.3. The number of carbonyl (C=O) groups is 1. The molecule has 2 aromatic heterocycles. The molecule has 0 amide bonds. The van der Waals surface area contributed by atoms with E-state index in [2.05, 4.69) is 21.8 Å². The molecule has 10 heteroatoms. The predicted molar refractivity (Wildman–Crippen MR) is 132 cm³/mol. The Morgan fingerprint density at radius 1 is 1.31 bits per heavy atom. The van der Waals surface area contributed by atoms with Gasteiger partial charge in [-0.3, -0.25) is 19.8 Å². The van der Waals surface area contributed by atoms with E-state index in [0.717, 1.165) is 34.5 Å². The van der Waals surface area contributed by atoms with Crippen LogP contribution in [-0.4, -0.2) is 80.2 Å². The third-order valence-corrected chi connectivity index (χ3v) is 6.62. The Balaban J connectivity index is 1.74. The Labute approximate surface area is 203 Å². The fourth-order valence-corrected chi connectivity index (χ4v) is 4.52. The van der Waals surface area contributed by atoms with Crippen LogP contribution in [0.3, 0.4) is 0 Å². The first-order valence-corrected chi connectivity index (χ1v) is 11.7. The number of carboxylic acids is 1. The summed E-state index contributed by atoms with van der Waals surface area (Å²) in [6, 6.07) is 6.83. The van der Waals surface area contributed by atoms with Gasteiger partial charge in [0.1, 0.15) is 11.9 Å². The van der Waals surface area contributed by atoms with E-state index in [9.17, 15) is 19.8 Å². The Morgan fingerprint density at radius 3 is 2.74 bits per heavy atom. The lowest BCUT2D eigenvalue weighted by atomic mass is 10.1. The molecule has 1 aliphatic rings. The highest BCUT2D eigenvalue weighted by Crippen LogP contribution is 2.27. The van der Waals surface area contributed by atoms with Gasteiger partial charge < -0.3 is 24.1 Å². The topological polar surface area (TPSA) is 122 Å². The van der Waals surface area contributed by atoms with Crippen LogP contribution in [0, 0.1) is 6.92 Å². The first-order chi connectivity index (χ1) is 16.7. The van der Waals surface area contributed by atoms with Gasteiger partial charge in [-0.2, -0.15) is 0 Å². The van der Waals surface area contributed by atoms with Crippen molar-refractivity contribution in [1.29, 1.82) is 0 Å². The van der Waals surface area contributed by atoms with Crippen LogP contribution < -0.4 is 10.9 Å². The quantitative estimate of drug-likeness (QED) is 0.433. The van der Waals surface area contributed by atoms with Gasteiger partial charge in [0, 0.05) is 44.0 Å². The van der Waals surface area contributed by atoms with Crippen LogP contribution >= 0.6 is 0 Å². The number of pyridine rings is 1. The van der Waals surface area contributed by atoms with E-state index >= 15 is 0 Å². The van der Waals surface area contributed by atoms with E-state index < -0.39 is 18.1 Å². The van der Waals surface area contributed by atoms with Crippen molar-refractivity contribution < 1.29 is 19.7 Å². The fraction of sp³-hybridized carbons (Fsp3) is 0.480. The number of benzene rings is 1. The minimum Gasteiger partial charge on any atom is -0.480 e. The van der Waals surface area contributed by atoms with Gasteiger partial charge in [-0.1, -0.05) is 6.07 Å². The number of aliphatic hydroxyl groups excluding tert-OH is 1.